The van der Waals surface area contributed by atoms with Gasteiger partial charge in [-0.25, -0.2) is 0 Å². The fraction of sp³-hybridized carbons (Fsp3) is 0.700. The Kier molecular flexibility index (Phi) is 2.42. The van der Waals surface area contributed by atoms with Crippen LogP contribution in [0, 0.1) is 11.8 Å². The molecular weight excluding hydrogens is 319 g/mol. The zero-order valence-corrected chi connectivity index (χ0v) is 10.9. The highest BCUT2D eigenvalue weighted by Gasteiger charge is 2.69. The lowest BCUT2D eigenvalue weighted by atomic mass is 9.78. The van der Waals surface area contributed by atoms with E-state index in [1.165, 1.54) is 0 Å². The van der Waals surface area contributed by atoms with Gasteiger partial charge in [0.05, 0.1) is 18.1 Å². The number of epoxide rings is 1. The van der Waals surface area contributed by atoms with Crippen molar-refractivity contribution in [3.63, 3.8) is 0 Å². The van der Waals surface area contributed by atoms with Crippen molar-refractivity contribution >= 4 is 16.0 Å². The van der Waals surface area contributed by atoms with Crippen molar-refractivity contribution in [1.82, 2.24) is 5.06 Å². The third kappa shape index (κ3) is 1.71. The van der Waals surface area contributed by atoms with E-state index in [1.807, 2.05) is 0 Å². The van der Waals surface area contributed by atoms with Crippen molar-refractivity contribution in [1.29, 1.82) is 0 Å². The van der Waals surface area contributed by atoms with E-state index >= 15 is 0 Å². The van der Waals surface area contributed by atoms with Gasteiger partial charge in [-0.05, 0) is 0 Å². The number of hydrogen-bond donors (Lipinski definition) is 0. The number of amides is 1. The number of carbonyl (C=O) groups excluding carboxylic acids is 1. The Labute approximate surface area is 116 Å². The lowest BCUT2D eigenvalue weighted by molar-refractivity contribution is -0.177. The molecule has 4 aliphatic rings. The van der Waals surface area contributed by atoms with E-state index in [0.29, 0.717) is 0 Å². The predicted octanol–water partition coefficient (Wildman–Crippen LogP) is -0.0957. The number of hydrogen-bond acceptors (Lipinski definition) is 6. The highest BCUT2D eigenvalue weighted by Crippen LogP contribution is 2.53. The zero-order valence-electron chi connectivity index (χ0n) is 10.1. The van der Waals surface area contributed by atoms with Gasteiger partial charge in [0, 0.05) is 5.92 Å². The van der Waals surface area contributed by atoms with Crippen LogP contribution >= 0.6 is 0 Å². The summed E-state index contributed by atoms with van der Waals surface area (Å²) in [6.07, 6.45) is 0.782. The number of carbonyl (C=O) groups is 1. The first-order valence-corrected chi connectivity index (χ1v) is 7.45. The Morgan fingerprint density at radius 1 is 1.19 bits per heavy atom. The van der Waals surface area contributed by atoms with Gasteiger partial charge in [-0.15, -0.1) is 4.28 Å². The van der Waals surface area contributed by atoms with E-state index < -0.39 is 45.9 Å². The molecule has 0 radical (unpaired) electrons. The Balaban J connectivity index is 1.62. The molecule has 21 heavy (non-hydrogen) atoms. The summed E-state index contributed by atoms with van der Waals surface area (Å²) in [7, 11) is -5.91. The molecule has 7 nitrogen and oxygen atoms in total. The maximum absolute atomic E-state index is 12.3. The number of ether oxygens (including phenoxy) is 2. The molecule has 4 heterocycles. The van der Waals surface area contributed by atoms with Gasteiger partial charge in [0.2, 0.25) is 0 Å². The quantitative estimate of drug-likeness (QED) is 0.400. The molecule has 3 fully saturated rings. The summed E-state index contributed by atoms with van der Waals surface area (Å²) in [5.74, 6) is -1.97. The minimum absolute atomic E-state index is 0.173. The zero-order chi connectivity index (χ0) is 15.2. The fourth-order valence-electron chi connectivity index (χ4n) is 3.12. The molecule has 0 aliphatic carbocycles. The normalized spacial score (nSPS) is 44.0. The molecule has 4 rings (SSSR count). The van der Waals surface area contributed by atoms with Crippen LogP contribution in [0.5, 0.6) is 0 Å². The third-order valence-electron chi connectivity index (χ3n) is 4.03. The number of hydroxylamine groups is 2. The molecule has 6 atom stereocenters. The maximum atomic E-state index is 12.3. The standard InChI is InChI=1S/C10H8F3NO6S/c11-10(12,13)21(16,17)20-14-8(15)6-4-2-1-3(18-4)5(6)7-9(14)19-7/h1-7,9H. The van der Waals surface area contributed by atoms with Gasteiger partial charge in [0.25, 0.3) is 5.91 Å². The molecule has 6 unspecified atom stereocenters. The smallest absolute Gasteiger partial charge is 0.366 e. The summed E-state index contributed by atoms with van der Waals surface area (Å²) in [6.45, 7) is 0. The summed E-state index contributed by atoms with van der Waals surface area (Å²) in [5.41, 5.74) is -5.61. The van der Waals surface area contributed by atoms with Crippen LogP contribution in [0.2, 0.25) is 0 Å². The molecule has 11 heteroatoms. The predicted molar refractivity (Wildman–Crippen MR) is 56.3 cm³/mol. The number of piperidine rings is 1. The van der Waals surface area contributed by atoms with Crippen molar-refractivity contribution in [2.24, 2.45) is 11.8 Å². The van der Waals surface area contributed by atoms with Crippen LogP contribution in [0.1, 0.15) is 0 Å². The fourth-order valence-corrected chi connectivity index (χ4v) is 3.57. The SMILES string of the molecule is O=C1C2C3C=CC(O3)C2C2OC2N1OS(=O)(=O)C(F)(F)F. The third-order valence-corrected chi connectivity index (χ3v) is 4.95. The molecule has 0 N–H and O–H groups in total. The molecular formula is C10H8F3NO6S. The largest absolute Gasteiger partial charge is 0.525 e. The summed E-state index contributed by atoms with van der Waals surface area (Å²) in [5, 5.41) is 0.173. The second-order valence-electron chi connectivity index (χ2n) is 5.18. The number of rotatable bonds is 2. The Morgan fingerprint density at radius 3 is 2.52 bits per heavy atom. The topological polar surface area (TPSA) is 85.4 Å². The van der Waals surface area contributed by atoms with E-state index in [1.54, 1.807) is 12.2 Å². The van der Waals surface area contributed by atoms with Crippen molar-refractivity contribution < 1.29 is 40.1 Å². The van der Waals surface area contributed by atoms with Crippen molar-refractivity contribution in [2.75, 3.05) is 0 Å². The molecule has 0 spiro atoms. The van der Waals surface area contributed by atoms with Gasteiger partial charge in [-0.1, -0.05) is 12.2 Å². The first-order valence-electron chi connectivity index (χ1n) is 6.04. The number of nitrogens with zero attached hydrogens (tertiary/aromatic N) is 1. The van der Waals surface area contributed by atoms with Crippen LogP contribution in [-0.2, 0) is 28.7 Å². The molecule has 116 valence electrons. The van der Waals surface area contributed by atoms with Gasteiger partial charge < -0.3 is 9.47 Å². The molecule has 3 saturated heterocycles. The lowest BCUT2D eigenvalue weighted by Gasteiger charge is -2.31. The highest BCUT2D eigenvalue weighted by atomic mass is 32.2. The van der Waals surface area contributed by atoms with E-state index in [4.69, 9.17) is 9.47 Å². The Bertz CT molecular complexity index is 646. The maximum Gasteiger partial charge on any atom is 0.525 e. The number of alkyl halides is 3. The monoisotopic (exact) mass is 327 g/mol. The van der Waals surface area contributed by atoms with E-state index in [0.717, 1.165) is 0 Å². The molecule has 0 saturated carbocycles. The summed E-state index contributed by atoms with van der Waals surface area (Å²) < 4.78 is 73.7. The highest BCUT2D eigenvalue weighted by molar-refractivity contribution is 7.87. The van der Waals surface area contributed by atoms with Crippen LogP contribution in [0.3, 0.4) is 0 Å². The van der Waals surface area contributed by atoms with Gasteiger partial charge in [0.1, 0.15) is 6.10 Å². The lowest BCUT2D eigenvalue weighted by Crippen LogP contribution is -2.52. The minimum atomic E-state index is -5.91. The minimum Gasteiger partial charge on any atom is -0.366 e. The van der Waals surface area contributed by atoms with Gasteiger partial charge >= 0.3 is 15.6 Å². The van der Waals surface area contributed by atoms with Crippen molar-refractivity contribution in [3.8, 4) is 0 Å². The van der Waals surface area contributed by atoms with E-state index in [-0.39, 0.29) is 17.1 Å². The van der Waals surface area contributed by atoms with E-state index in [9.17, 15) is 26.4 Å². The second kappa shape index (κ2) is 3.77. The Hall–Kier alpha value is -1.17. The first-order chi connectivity index (χ1) is 9.71. The second-order valence-corrected chi connectivity index (χ2v) is 6.70. The van der Waals surface area contributed by atoms with Crippen LogP contribution in [0.25, 0.3) is 0 Å². The number of halogens is 3. The average Bonchev–Trinajstić information content (AvgIpc) is 2.88. The molecule has 2 bridgehead atoms. The van der Waals surface area contributed by atoms with Crippen LogP contribution < -0.4 is 0 Å². The van der Waals surface area contributed by atoms with Crippen molar-refractivity contribution in [3.05, 3.63) is 12.2 Å². The Morgan fingerprint density at radius 2 is 1.86 bits per heavy atom. The van der Waals surface area contributed by atoms with Gasteiger partial charge in [-0.2, -0.15) is 26.7 Å². The van der Waals surface area contributed by atoms with Crippen LogP contribution in [0.15, 0.2) is 12.2 Å². The van der Waals surface area contributed by atoms with Crippen molar-refractivity contribution in [2.45, 2.75) is 30.0 Å². The molecule has 4 aliphatic heterocycles. The summed E-state index contributed by atoms with van der Waals surface area (Å²) in [4.78, 5) is 12.2. The molecule has 1 amide bonds. The average molecular weight is 327 g/mol. The van der Waals surface area contributed by atoms with E-state index in [2.05, 4.69) is 4.28 Å². The summed E-state index contributed by atoms with van der Waals surface area (Å²) >= 11 is 0. The van der Waals surface area contributed by atoms with Gasteiger partial charge in [0.15, 0.2) is 6.23 Å². The first kappa shape index (κ1) is 13.5. The molecule has 0 aromatic rings. The van der Waals surface area contributed by atoms with Gasteiger partial charge in [-0.3, -0.25) is 4.79 Å². The van der Waals surface area contributed by atoms with Crippen LogP contribution in [0.4, 0.5) is 13.2 Å². The van der Waals surface area contributed by atoms with Crippen LogP contribution in [-0.4, -0.2) is 49.4 Å². The molecule has 0 aromatic carbocycles. The molecule has 0 aromatic heterocycles. The summed E-state index contributed by atoms with van der Waals surface area (Å²) in [6, 6.07) is 0. The number of fused-ring (bicyclic) bond motifs is 7.